The molecule has 86 valence electrons. The van der Waals surface area contributed by atoms with Gasteiger partial charge in [-0.25, -0.2) is 4.98 Å². The van der Waals surface area contributed by atoms with Gasteiger partial charge in [0.15, 0.2) is 10.8 Å². The summed E-state index contributed by atoms with van der Waals surface area (Å²) in [7, 11) is 0. The lowest BCUT2D eigenvalue weighted by Gasteiger charge is -2.27. The maximum Gasteiger partial charge on any atom is 0.195 e. The molecule has 2 aromatic rings. The second-order valence-electron chi connectivity index (χ2n) is 4.14. The van der Waals surface area contributed by atoms with Crippen molar-refractivity contribution in [3.8, 4) is 0 Å². The van der Waals surface area contributed by atoms with Crippen LogP contribution in [-0.4, -0.2) is 27.6 Å². The second-order valence-corrected chi connectivity index (χ2v) is 5.02. The molecule has 0 amide bonds. The predicted molar refractivity (Wildman–Crippen MR) is 65.1 cm³/mol. The molecule has 0 bridgehead atoms. The number of hydrogen-bond acceptors (Lipinski definition) is 4. The van der Waals surface area contributed by atoms with Crippen molar-refractivity contribution in [2.24, 2.45) is 0 Å². The van der Waals surface area contributed by atoms with Crippen LogP contribution in [0.1, 0.15) is 25.0 Å². The summed E-state index contributed by atoms with van der Waals surface area (Å²) in [5.41, 5.74) is 0.929. The Hall–Kier alpha value is -1.07. The average molecular weight is 237 g/mol. The van der Waals surface area contributed by atoms with Crippen LogP contribution in [-0.2, 0) is 6.61 Å². The molecule has 0 saturated carbocycles. The maximum atomic E-state index is 9.47. The molecule has 1 N–H and O–H groups in total. The first-order valence-electron chi connectivity index (χ1n) is 5.70. The number of aromatic nitrogens is 2. The largest absolute Gasteiger partial charge is 0.390 e. The monoisotopic (exact) mass is 237 g/mol. The highest BCUT2D eigenvalue weighted by molar-refractivity contribution is 7.15. The van der Waals surface area contributed by atoms with Crippen molar-refractivity contribution in [1.82, 2.24) is 9.38 Å². The molecule has 0 aromatic carbocycles. The Kier molecular flexibility index (Phi) is 2.57. The summed E-state index contributed by atoms with van der Waals surface area (Å²) in [5, 5.41) is 11.5. The predicted octanol–water partition coefficient (Wildman–Crippen LogP) is 1.88. The van der Waals surface area contributed by atoms with Gasteiger partial charge in [-0.3, -0.25) is 4.40 Å². The van der Waals surface area contributed by atoms with Crippen molar-refractivity contribution in [2.75, 3.05) is 18.0 Å². The van der Waals surface area contributed by atoms with E-state index in [-0.39, 0.29) is 6.61 Å². The molecule has 0 spiro atoms. The van der Waals surface area contributed by atoms with E-state index in [2.05, 4.69) is 9.88 Å². The fourth-order valence-electron chi connectivity index (χ4n) is 2.33. The number of aliphatic hydroxyl groups excluding tert-OH is 1. The van der Waals surface area contributed by atoms with Gasteiger partial charge in [-0.2, -0.15) is 0 Å². The van der Waals surface area contributed by atoms with Gasteiger partial charge in [-0.1, -0.05) is 0 Å². The maximum absolute atomic E-state index is 9.47. The first kappa shape index (κ1) is 10.1. The van der Waals surface area contributed by atoms with Gasteiger partial charge >= 0.3 is 0 Å². The van der Waals surface area contributed by atoms with E-state index in [1.165, 1.54) is 19.3 Å². The number of anilines is 1. The Balaban J connectivity index is 2.03. The van der Waals surface area contributed by atoms with Crippen molar-refractivity contribution in [1.29, 1.82) is 0 Å². The molecule has 4 nitrogen and oxygen atoms in total. The minimum atomic E-state index is 0.0593. The smallest absolute Gasteiger partial charge is 0.195 e. The van der Waals surface area contributed by atoms with E-state index in [0.29, 0.717) is 0 Å². The van der Waals surface area contributed by atoms with E-state index >= 15 is 0 Å². The Morgan fingerprint density at radius 1 is 1.31 bits per heavy atom. The lowest BCUT2D eigenvalue weighted by atomic mass is 10.1. The average Bonchev–Trinajstić information content (AvgIpc) is 2.89. The molecule has 5 heteroatoms. The zero-order valence-electron chi connectivity index (χ0n) is 9.09. The van der Waals surface area contributed by atoms with E-state index in [9.17, 15) is 5.11 Å². The Morgan fingerprint density at radius 2 is 2.12 bits per heavy atom. The van der Waals surface area contributed by atoms with Crippen molar-refractivity contribution in [3.05, 3.63) is 17.3 Å². The third kappa shape index (κ3) is 1.51. The van der Waals surface area contributed by atoms with Crippen LogP contribution in [0.5, 0.6) is 0 Å². The van der Waals surface area contributed by atoms with Gasteiger partial charge < -0.3 is 10.0 Å². The van der Waals surface area contributed by atoms with Crippen molar-refractivity contribution >= 4 is 22.1 Å². The number of hydrogen-bond donors (Lipinski definition) is 1. The SMILES string of the molecule is OCc1c(N2CCCCC2)nc2sccn12. The molecule has 1 saturated heterocycles. The number of imidazole rings is 1. The molecule has 0 unspecified atom stereocenters. The van der Waals surface area contributed by atoms with Crippen molar-refractivity contribution < 1.29 is 5.11 Å². The number of fused-ring (bicyclic) bond motifs is 1. The topological polar surface area (TPSA) is 40.8 Å². The number of thiazole rings is 1. The molecule has 1 aliphatic heterocycles. The molecule has 16 heavy (non-hydrogen) atoms. The van der Waals surface area contributed by atoms with Crippen LogP contribution in [0.3, 0.4) is 0 Å². The Bertz CT molecular complexity index is 484. The second kappa shape index (κ2) is 4.07. The highest BCUT2D eigenvalue weighted by atomic mass is 32.1. The molecule has 1 aliphatic rings. The van der Waals surface area contributed by atoms with E-state index in [4.69, 9.17) is 0 Å². The van der Waals surface area contributed by atoms with Crippen LogP contribution < -0.4 is 4.90 Å². The van der Waals surface area contributed by atoms with Gasteiger partial charge in [0.05, 0.1) is 12.3 Å². The molecule has 0 radical (unpaired) electrons. The number of rotatable bonds is 2. The Labute approximate surface area is 98.1 Å². The third-order valence-corrected chi connectivity index (χ3v) is 3.90. The van der Waals surface area contributed by atoms with Crippen molar-refractivity contribution in [2.45, 2.75) is 25.9 Å². The van der Waals surface area contributed by atoms with E-state index in [1.54, 1.807) is 11.3 Å². The molecule has 3 rings (SSSR count). The van der Waals surface area contributed by atoms with E-state index < -0.39 is 0 Å². The normalized spacial score (nSPS) is 17.2. The minimum Gasteiger partial charge on any atom is -0.390 e. The zero-order chi connectivity index (χ0) is 11.0. The van der Waals surface area contributed by atoms with Crippen molar-refractivity contribution in [3.63, 3.8) is 0 Å². The lowest BCUT2D eigenvalue weighted by Crippen LogP contribution is -2.30. The standard InChI is InChI=1S/C11H15N3OS/c15-8-9-10(13-4-2-1-3-5-13)12-11-14(9)6-7-16-11/h6-7,15H,1-5,8H2. The fraction of sp³-hybridized carbons (Fsp3) is 0.545. The number of aliphatic hydroxyl groups is 1. The zero-order valence-corrected chi connectivity index (χ0v) is 9.91. The van der Waals surface area contributed by atoms with E-state index in [1.807, 2.05) is 16.0 Å². The first-order chi connectivity index (χ1) is 7.90. The molecular weight excluding hydrogens is 222 g/mol. The summed E-state index contributed by atoms with van der Waals surface area (Å²) in [6.45, 7) is 2.19. The van der Waals surface area contributed by atoms with Crippen LogP contribution in [0.4, 0.5) is 5.82 Å². The molecule has 2 aromatic heterocycles. The van der Waals surface area contributed by atoms with Gasteiger partial charge in [-0.15, -0.1) is 11.3 Å². The first-order valence-corrected chi connectivity index (χ1v) is 6.58. The number of nitrogens with zero attached hydrogens (tertiary/aromatic N) is 3. The molecule has 0 aliphatic carbocycles. The van der Waals surface area contributed by atoms with Crippen LogP contribution >= 0.6 is 11.3 Å². The fourth-order valence-corrected chi connectivity index (χ4v) is 3.06. The summed E-state index contributed by atoms with van der Waals surface area (Å²) in [6, 6.07) is 0. The van der Waals surface area contributed by atoms with Crippen LogP contribution in [0.15, 0.2) is 11.6 Å². The summed E-state index contributed by atoms with van der Waals surface area (Å²) in [6.07, 6.45) is 5.76. The van der Waals surface area contributed by atoms with Gasteiger partial charge in [0.25, 0.3) is 0 Å². The van der Waals surface area contributed by atoms with Gasteiger partial charge in [-0.05, 0) is 19.3 Å². The molecule has 0 atom stereocenters. The van der Waals surface area contributed by atoms with Gasteiger partial charge in [0.1, 0.15) is 0 Å². The van der Waals surface area contributed by atoms with Crippen LogP contribution in [0.25, 0.3) is 4.96 Å². The summed E-state index contributed by atoms with van der Waals surface area (Å²) >= 11 is 1.62. The summed E-state index contributed by atoms with van der Waals surface area (Å²) in [5.74, 6) is 0.981. The quantitative estimate of drug-likeness (QED) is 0.867. The summed E-state index contributed by atoms with van der Waals surface area (Å²) < 4.78 is 1.99. The molecule has 1 fully saturated rings. The molecular formula is C11H15N3OS. The number of piperidine rings is 1. The Morgan fingerprint density at radius 3 is 2.88 bits per heavy atom. The minimum absolute atomic E-state index is 0.0593. The highest BCUT2D eigenvalue weighted by Gasteiger charge is 2.19. The van der Waals surface area contributed by atoms with Crippen LogP contribution in [0.2, 0.25) is 0 Å². The third-order valence-electron chi connectivity index (χ3n) is 3.15. The summed E-state index contributed by atoms with van der Waals surface area (Å²) in [4.78, 5) is 7.89. The van der Waals surface area contributed by atoms with Gasteiger partial charge in [0, 0.05) is 24.7 Å². The van der Waals surface area contributed by atoms with Gasteiger partial charge in [0.2, 0.25) is 0 Å². The van der Waals surface area contributed by atoms with Crippen LogP contribution in [0, 0.1) is 0 Å². The lowest BCUT2D eigenvalue weighted by molar-refractivity contribution is 0.276. The molecule has 3 heterocycles. The van der Waals surface area contributed by atoms with E-state index in [0.717, 1.165) is 29.6 Å². The highest BCUT2D eigenvalue weighted by Crippen LogP contribution is 2.26.